The Morgan fingerprint density at radius 2 is 1.66 bits per heavy atom. The van der Waals surface area contributed by atoms with E-state index in [-0.39, 0.29) is 5.91 Å². The predicted molar refractivity (Wildman–Crippen MR) is 138 cm³/mol. The fourth-order valence-corrected chi connectivity index (χ4v) is 3.91. The molecule has 0 aliphatic carbocycles. The number of aromatic nitrogens is 3. The van der Waals surface area contributed by atoms with Crippen LogP contribution in [0, 0.1) is 0 Å². The van der Waals surface area contributed by atoms with Crippen LogP contribution in [0.15, 0.2) is 78.9 Å². The van der Waals surface area contributed by atoms with E-state index >= 15 is 0 Å². The highest BCUT2D eigenvalue weighted by Gasteiger charge is 2.17. The van der Waals surface area contributed by atoms with Crippen molar-refractivity contribution in [1.82, 2.24) is 20.3 Å². The molecule has 4 aromatic rings. The molecule has 0 fully saturated rings. The van der Waals surface area contributed by atoms with Gasteiger partial charge in [-0.25, -0.2) is 0 Å². The van der Waals surface area contributed by atoms with E-state index in [9.17, 15) is 4.79 Å². The molecule has 4 rings (SSSR count). The minimum atomic E-state index is -0.0908. The summed E-state index contributed by atoms with van der Waals surface area (Å²) >= 11 is 0. The van der Waals surface area contributed by atoms with Crippen LogP contribution in [0.1, 0.15) is 28.8 Å². The molecule has 0 radical (unpaired) electrons. The molecule has 3 aromatic carbocycles. The summed E-state index contributed by atoms with van der Waals surface area (Å²) in [5.74, 6) is 0.680. The second kappa shape index (κ2) is 11.9. The fourth-order valence-electron chi connectivity index (χ4n) is 3.91. The van der Waals surface area contributed by atoms with Gasteiger partial charge in [0.2, 0.25) is 0 Å². The zero-order chi connectivity index (χ0) is 24.5. The van der Waals surface area contributed by atoms with Gasteiger partial charge in [-0.15, -0.1) is 0 Å². The average Bonchev–Trinajstić information content (AvgIpc) is 3.33. The molecule has 1 heterocycles. The summed E-state index contributed by atoms with van der Waals surface area (Å²) in [4.78, 5) is 14.4. The molecule has 0 saturated carbocycles. The third kappa shape index (κ3) is 6.33. The largest absolute Gasteiger partial charge is 0.497 e. The molecule has 0 aliphatic heterocycles. The van der Waals surface area contributed by atoms with Crippen LogP contribution in [0.3, 0.4) is 0 Å². The summed E-state index contributed by atoms with van der Waals surface area (Å²) in [6.07, 6.45) is 2.97. The van der Waals surface area contributed by atoms with Crippen molar-refractivity contribution in [3.05, 3.63) is 90.0 Å². The van der Waals surface area contributed by atoms with Crippen molar-refractivity contribution in [2.45, 2.75) is 25.8 Å². The molecule has 0 unspecified atom stereocenters. The van der Waals surface area contributed by atoms with Crippen LogP contribution < -0.4 is 15.8 Å². The van der Waals surface area contributed by atoms with Crippen LogP contribution in [-0.2, 0) is 13.0 Å². The van der Waals surface area contributed by atoms with E-state index < -0.39 is 0 Å². The quantitative estimate of drug-likeness (QED) is 0.319. The molecule has 0 atom stereocenters. The van der Waals surface area contributed by atoms with Crippen molar-refractivity contribution in [2.24, 2.45) is 5.73 Å². The molecule has 35 heavy (non-hydrogen) atoms. The number of hydrogen-bond donors (Lipinski definition) is 2. The first-order valence-electron chi connectivity index (χ1n) is 11.9. The number of carbonyl (C=O) groups excluding carboxylic acids is 1. The monoisotopic (exact) mass is 469 g/mol. The number of unbranched alkanes of at least 4 members (excludes halogenated alkanes) is 1. The normalized spacial score (nSPS) is 10.8. The standard InChI is InChI=1S/C28H31N5O2/c1-35-25-15-13-22(14-16-25)26-27(32-33(31-26)19-17-29)23-11-7-12-24(20-23)28(34)30-18-6-5-10-21-8-3-2-4-9-21/h2-4,7-9,11-16,20H,5-6,10,17-19,29H2,1H3,(H,30,34). The maximum absolute atomic E-state index is 12.8. The van der Waals surface area contributed by atoms with E-state index in [1.54, 1.807) is 11.9 Å². The van der Waals surface area contributed by atoms with Crippen LogP contribution in [0.4, 0.5) is 0 Å². The number of methoxy groups -OCH3 is 1. The van der Waals surface area contributed by atoms with Gasteiger partial charge in [-0.3, -0.25) is 4.79 Å². The minimum absolute atomic E-state index is 0.0908. The molecular weight excluding hydrogens is 438 g/mol. The van der Waals surface area contributed by atoms with Crippen molar-refractivity contribution in [3.63, 3.8) is 0 Å². The first-order chi connectivity index (χ1) is 17.2. The summed E-state index contributed by atoms with van der Waals surface area (Å²) in [6, 6.07) is 25.6. The Morgan fingerprint density at radius 3 is 2.37 bits per heavy atom. The highest BCUT2D eigenvalue weighted by Crippen LogP contribution is 2.30. The zero-order valence-corrected chi connectivity index (χ0v) is 20.0. The number of benzene rings is 3. The third-order valence-corrected chi connectivity index (χ3v) is 5.77. The molecule has 180 valence electrons. The Kier molecular flexibility index (Phi) is 8.25. The van der Waals surface area contributed by atoms with Gasteiger partial charge in [-0.05, 0) is 61.2 Å². The summed E-state index contributed by atoms with van der Waals surface area (Å²) in [5.41, 5.74) is 10.8. The lowest BCUT2D eigenvalue weighted by Crippen LogP contribution is -2.24. The zero-order valence-electron chi connectivity index (χ0n) is 20.0. The van der Waals surface area contributed by atoms with E-state index in [1.807, 2.05) is 54.6 Å². The van der Waals surface area contributed by atoms with Crippen LogP contribution in [0.5, 0.6) is 5.75 Å². The molecule has 0 saturated heterocycles. The Morgan fingerprint density at radius 1 is 0.914 bits per heavy atom. The van der Waals surface area contributed by atoms with Gasteiger partial charge in [0, 0.05) is 29.8 Å². The molecule has 1 amide bonds. The van der Waals surface area contributed by atoms with Crippen molar-refractivity contribution in [2.75, 3.05) is 20.2 Å². The van der Waals surface area contributed by atoms with Crippen LogP contribution in [0.25, 0.3) is 22.5 Å². The number of ether oxygens (including phenoxy) is 1. The lowest BCUT2D eigenvalue weighted by atomic mass is 10.0. The molecule has 0 bridgehead atoms. The number of nitrogens with two attached hydrogens (primary N) is 1. The van der Waals surface area contributed by atoms with E-state index in [0.717, 1.165) is 41.8 Å². The maximum atomic E-state index is 12.8. The minimum Gasteiger partial charge on any atom is -0.497 e. The van der Waals surface area contributed by atoms with Gasteiger partial charge in [-0.1, -0.05) is 42.5 Å². The smallest absolute Gasteiger partial charge is 0.251 e. The molecule has 0 spiro atoms. The summed E-state index contributed by atoms with van der Waals surface area (Å²) in [7, 11) is 1.64. The highest BCUT2D eigenvalue weighted by atomic mass is 16.5. The van der Waals surface area contributed by atoms with Gasteiger partial charge < -0.3 is 15.8 Å². The predicted octanol–water partition coefficient (Wildman–Crippen LogP) is 4.33. The first-order valence-corrected chi connectivity index (χ1v) is 11.9. The summed E-state index contributed by atoms with van der Waals surface area (Å²) in [5, 5.41) is 12.4. The van der Waals surface area contributed by atoms with Gasteiger partial charge in [0.05, 0.1) is 13.7 Å². The molecule has 0 aliphatic rings. The third-order valence-electron chi connectivity index (χ3n) is 5.77. The Labute approximate surface area is 205 Å². The number of nitrogens with one attached hydrogen (secondary N) is 1. The second-order valence-corrected chi connectivity index (χ2v) is 8.29. The Hall–Kier alpha value is -3.97. The lowest BCUT2D eigenvalue weighted by molar-refractivity contribution is 0.0953. The number of hydrogen-bond acceptors (Lipinski definition) is 5. The number of carbonyl (C=O) groups is 1. The Balaban J connectivity index is 1.46. The molecule has 7 nitrogen and oxygen atoms in total. The number of nitrogens with zero attached hydrogens (tertiary/aromatic N) is 3. The van der Waals surface area contributed by atoms with Gasteiger partial charge in [0.25, 0.3) is 5.91 Å². The summed E-state index contributed by atoms with van der Waals surface area (Å²) < 4.78 is 5.27. The van der Waals surface area contributed by atoms with Gasteiger partial charge >= 0.3 is 0 Å². The molecular formula is C28H31N5O2. The fraction of sp³-hybridized carbons (Fsp3) is 0.250. The van der Waals surface area contributed by atoms with Crippen molar-refractivity contribution >= 4 is 5.91 Å². The average molecular weight is 470 g/mol. The number of aryl methyl sites for hydroxylation is 1. The molecule has 1 aromatic heterocycles. The molecule has 3 N–H and O–H groups in total. The van der Waals surface area contributed by atoms with Crippen molar-refractivity contribution < 1.29 is 9.53 Å². The second-order valence-electron chi connectivity index (χ2n) is 8.29. The van der Waals surface area contributed by atoms with E-state index in [4.69, 9.17) is 10.5 Å². The Bertz CT molecular complexity index is 1240. The van der Waals surface area contributed by atoms with E-state index in [2.05, 4.69) is 39.8 Å². The number of rotatable bonds is 11. The summed E-state index contributed by atoms with van der Waals surface area (Å²) in [6.45, 7) is 1.58. The van der Waals surface area contributed by atoms with Crippen LogP contribution in [0.2, 0.25) is 0 Å². The van der Waals surface area contributed by atoms with Crippen molar-refractivity contribution in [3.8, 4) is 28.3 Å². The molecule has 7 heteroatoms. The van der Waals surface area contributed by atoms with Crippen molar-refractivity contribution in [1.29, 1.82) is 0 Å². The van der Waals surface area contributed by atoms with Gasteiger partial charge in [0.15, 0.2) is 0 Å². The lowest BCUT2D eigenvalue weighted by Gasteiger charge is -2.07. The van der Waals surface area contributed by atoms with E-state index in [1.165, 1.54) is 5.56 Å². The SMILES string of the molecule is COc1ccc(-c2nn(CCN)nc2-c2cccc(C(=O)NCCCCc3ccccc3)c2)cc1. The highest BCUT2D eigenvalue weighted by molar-refractivity contribution is 5.95. The van der Waals surface area contributed by atoms with E-state index in [0.29, 0.717) is 30.9 Å². The van der Waals surface area contributed by atoms with Gasteiger partial charge in [0.1, 0.15) is 17.1 Å². The first kappa shape index (κ1) is 24.2. The number of amides is 1. The van der Waals surface area contributed by atoms with Crippen LogP contribution in [-0.4, -0.2) is 41.1 Å². The maximum Gasteiger partial charge on any atom is 0.251 e. The van der Waals surface area contributed by atoms with Crippen LogP contribution >= 0.6 is 0 Å². The topological polar surface area (TPSA) is 95.1 Å². The van der Waals surface area contributed by atoms with Gasteiger partial charge in [-0.2, -0.15) is 15.0 Å².